The van der Waals surface area contributed by atoms with Crippen molar-refractivity contribution in [2.75, 3.05) is 0 Å². The molecule has 6 rings (SSSR count). The average Bonchev–Trinajstić information content (AvgIpc) is 3.35. The van der Waals surface area contributed by atoms with E-state index in [-0.39, 0.29) is 11.8 Å². The molecule has 0 spiro atoms. The van der Waals surface area contributed by atoms with Crippen LogP contribution in [0, 0.1) is 13.8 Å². The van der Waals surface area contributed by atoms with Crippen LogP contribution in [0.15, 0.2) is 95.5 Å². The van der Waals surface area contributed by atoms with E-state index in [1.807, 2.05) is 29.8 Å². The molecule has 0 aliphatic carbocycles. The molecule has 2 heteroatoms. The molecule has 0 aliphatic heterocycles. The zero-order valence-electron chi connectivity index (χ0n) is 27.2. The largest absolute Gasteiger partial charge is 0.454 e. The van der Waals surface area contributed by atoms with Gasteiger partial charge in [0.1, 0.15) is 18.2 Å². The van der Waals surface area contributed by atoms with Crippen LogP contribution in [-0.2, 0) is 7.05 Å². The fraction of sp³-hybridized carbons (Fsp3) is 0.237. The number of fused-ring (bicyclic) bond motifs is 3. The first-order chi connectivity index (χ1) is 20.5. The molecule has 4 aromatic carbocycles. The number of furan rings is 1. The van der Waals surface area contributed by atoms with E-state index in [9.17, 15) is 0 Å². The van der Waals surface area contributed by atoms with Crippen LogP contribution in [0.1, 0.15) is 65.9 Å². The van der Waals surface area contributed by atoms with E-state index < -0.39 is 6.85 Å². The second kappa shape index (κ2) is 10.1. The SMILES string of the molecule is [2H]C([2H])([2H])c1c[n+](C)c(-c2c(C)ccc3c2oc2c(-c4ccccc4)cccc23)cc1-c1c(C(C)C)cccc1C(C)C. The van der Waals surface area contributed by atoms with Crippen molar-refractivity contribution in [2.24, 2.45) is 7.05 Å². The minimum atomic E-state index is -2.28. The quantitative estimate of drug-likeness (QED) is 0.204. The van der Waals surface area contributed by atoms with Gasteiger partial charge in [-0.1, -0.05) is 107 Å². The van der Waals surface area contributed by atoms with Crippen LogP contribution in [0.2, 0.25) is 0 Å². The van der Waals surface area contributed by atoms with E-state index in [0.29, 0.717) is 5.56 Å². The second-order valence-corrected chi connectivity index (χ2v) is 11.5. The van der Waals surface area contributed by atoms with Crippen LogP contribution < -0.4 is 4.57 Å². The summed E-state index contributed by atoms with van der Waals surface area (Å²) in [5.41, 5.74) is 11.2. The molecule has 0 atom stereocenters. The molecule has 0 unspecified atom stereocenters. The highest BCUT2D eigenvalue weighted by atomic mass is 16.3. The summed E-state index contributed by atoms with van der Waals surface area (Å²) in [7, 11) is 1.93. The Morgan fingerprint density at radius 3 is 2.02 bits per heavy atom. The van der Waals surface area contributed by atoms with Crippen molar-refractivity contribution in [3.63, 3.8) is 0 Å². The van der Waals surface area contributed by atoms with Gasteiger partial charge >= 0.3 is 0 Å². The number of benzene rings is 4. The fourth-order valence-electron chi connectivity index (χ4n) is 6.09. The molecule has 0 amide bonds. The van der Waals surface area contributed by atoms with Gasteiger partial charge in [-0.3, -0.25) is 0 Å². The number of rotatable bonds is 5. The number of nitrogens with zero attached hydrogens (tertiary/aromatic N) is 1. The molecular weight excluding hydrogens is 486 g/mol. The molecule has 2 heterocycles. The van der Waals surface area contributed by atoms with Crippen LogP contribution in [0.4, 0.5) is 0 Å². The minimum Gasteiger partial charge on any atom is -0.454 e. The van der Waals surface area contributed by atoms with Crippen molar-refractivity contribution >= 4 is 21.9 Å². The molecule has 6 aromatic rings. The van der Waals surface area contributed by atoms with Crippen LogP contribution in [0.3, 0.4) is 0 Å². The Hall–Kier alpha value is -4.17. The fourth-order valence-corrected chi connectivity index (χ4v) is 6.09. The molecule has 0 N–H and O–H groups in total. The molecule has 2 nitrogen and oxygen atoms in total. The molecule has 0 saturated carbocycles. The van der Waals surface area contributed by atoms with Crippen molar-refractivity contribution in [1.29, 1.82) is 0 Å². The summed E-state index contributed by atoms with van der Waals surface area (Å²) < 4.78 is 34.4. The molecule has 200 valence electrons. The van der Waals surface area contributed by atoms with Crippen molar-refractivity contribution < 1.29 is 13.1 Å². The Morgan fingerprint density at radius 2 is 1.35 bits per heavy atom. The maximum absolute atomic E-state index is 8.54. The molecule has 0 bridgehead atoms. The lowest BCUT2D eigenvalue weighted by Crippen LogP contribution is -2.31. The van der Waals surface area contributed by atoms with Gasteiger partial charge in [0, 0.05) is 32.1 Å². The highest BCUT2D eigenvalue weighted by molar-refractivity contribution is 6.13. The number of pyridine rings is 1. The Balaban J connectivity index is 1.70. The lowest BCUT2D eigenvalue weighted by atomic mass is 9.83. The van der Waals surface area contributed by atoms with Crippen molar-refractivity contribution in [3.05, 3.63) is 113 Å². The number of aromatic nitrogens is 1. The molecule has 0 fully saturated rings. The van der Waals surface area contributed by atoms with Gasteiger partial charge in [-0.05, 0) is 59.0 Å². The standard InChI is InChI=1S/C38H38NO/c1-23(2)28-15-11-16-29(24(3)4)36(28)33-21-34(39(7)22-26(33)6)35-25(5)19-20-32-31-18-12-17-30(37(31)40-38(32)35)27-13-9-8-10-14-27/h8-24H,1-7H3/q+1/i6D3. The lowest BCUT2D eigenvalue weighted by Gasteiger charge is -2.21. The topological polar surface area (TPSA) is 17.0 Å². The second-order valence-electron chi connectivity index (χ2n) is 11.5. The van der Waals surface area contributed by atoms with Gasteiger partial charge < -0.3 is 4.42 Å². The van der Waals surface area contributed by atoms with Crippen LogP contribution in [-0.4, -0.2) is 0 Å². The Labute approximate surface area is 242 Å². The van der Waals surface area contributed by atoms with Crippen LogP contribution >= 0.6 is 0 Å². The van der Waals surface area contributed by atoms with Crippen molar-refractivity contribution in [2.45, 2.75) is 53.3 Å². The average molecular weight is 528 g/mol. The first-order valence-electron chi connectivity index (χ1n) is 15.6. The third-order valence-corrected chi connectivity index (χ3v) is 8.13. The van der Waals surface area contributed by atoms with E-state index in [4.69, 9.17) is 8.53 Å². The van der Waals surface area contributed by atoms with Gasteiger partial charge in [0.15, 0.2) is 6.20 Å². The summed E-state index contributed by atoms with van der Waals surface area (Å²) in [6.07, 6.45) is 1.80. The number of para-hydroxylation sites is 1. The summed E-state index contributed by atoms with van der Waals surface area (Å²) in [6, 6.07) is 29.3. The minimum absolute atomic E-state index is 0.229. The van der Waals surface area contributed by atoms with Crippen molar-refractivity contribution in [1.82, 2.24) is 0 Å². The number of aryl methyl sites for hydroxylation is 3. The number of hydrogen-bond donors (Lipinski definition) is 0. The van der Waals surface area contributed by atoms with E-state index in [1.165, 1.54) is 0 Å². The molecule has 0 radical (unpaired) electrons. The summed E-state index contributed by atoms with van der Waals surface area (Å²) in [5, 5.41) is 2.10. The van der Waals surface area contributed by atoms with Gasteiger partial charge in [-0.25, -0.2) is 4.57 Å². The summed E-state index contributed by atoms with van der Waals surface area (Å²) in [5.74, 6) is 0.458. The third kappa shape index (κ3) is 4.23. The Morgan fingerprint density at radius 1 is 0.675 bits per heavy atom. The van der Waals surface area contributed by atoms with Crippen LogP contribution in [0.25, 0.3) is 55.4 Å². The predicted octanol–water partition coefficient (Wildman–Crippen LogP) is 10.3. The monoisotopic (exact) mass is 527 g/mol. The summed E-state index contributed by atoms with van der Waals surface area (Å²) in [6.45, 7) is 8.50. The zero-order valence-corrected chi connectivity index (χ0v) is 24.2. The maximum Gasteiger partial charge on any atom is 0.216 e. The Kier molecular flexibility index (Phi) is 5.71. The summed E-state index contributed by atoms with van der Waals surface area (Å²) in [4.78, 5) is 0. The van der Waals surface area contributed by atoms with E-state index in [1.54, 1.807) is 6.20 Å². The molecule has 40 heavy (non-hydrogen) atoms. The molecule has 0 saturated heterocycles. The first kappa shape index (κ1) is 22.6. The molecular formula is C38H38NO+. The van der Waals surface area contributed by atoms with Gasteiger partial charge in [-0.2, -0.15) is 0 Å². The zero-order chi connectivity index (χ0) is 30.6. The van der Waals surface area contributed by atoms with Gasteiger partial charge in [0.25, 0.3) is 0 Å². The van der Waals surface area contributed by atoms with Gasteiger partial charge in [-0.15, -0.1) is 0 Å². The highest BCUT2D eigenvalue weighted by Crippen LogP contribution is 2.43. The molecule has 2 aromatic heterocycles. The third-order valence-electron chi connectivity index (χ3n) is 8.13. The summed E-state index contributed by atoms with van der Waals surface area (Å²) >= 11 is 0. The van der Waals surface area contributed by atoms with Gasteiger partial charge in [0.2, 0.25) is 5.69 Å². The smallest absolute Gasteiger partial charge is 0.216 e. The lowest BCUT2D eigenvalue weighted by molar-refractivity contribution is -0.660. The molecule has 0 aliphatic rings. The van der Waals surface area contributed by atoms with E-state index in [2.05, 4.69) is 101 Å². The predicted molar refractivity (Wildman–Crippen MR) is 169 cm³/mol. The number of hydrogen-bond acceptors (Lipinski definition) is 1. The van der Waals surface area contributed by atoms with Crippen molar-refractivity contribution in [3.8, 4) is 33.5 Å². The van der Waals surface area contributed by atoms with Crippen LogP contribution in [0.5, 0.6) is 0 Å². The van der Waals surface area contributed by atoms with E-state index >= 15 is 0 Å². The van der Waals surface area contributed by atoms with E-state index in [0.717, 1.165) is 72.1 Å². The maximum atomic E-state index is 8.54. The normalized spacial score (nSPS) is 13.2. The Bertz CT molecular complexity index is 1960. The highest BCUT2D eigenvalue weighted by Gasteiger charge is 2.25. The first-order valence-corrected chi connectivity index (χ1v) is 14.1. The van der Waals surface area contributed by atoms with Gasteiger partial charge in [0.05, 0.1) is 5.56 Å².